The second-order valence-corrected chi connectivity index (χ2v) is 9.19. The number of aromatic hydroxyl groups is 1. The van der Waals surface area contributed by atoms with Crippen LogP contribution in [-0.4, -0.2) is 19.6 Å². The van der Waals surface area contributed by atoms with Gasteiger partial charge in [-0.25, -0.2) is 4.98 Å². The number of nitriles is 1. The summed E-state index contributed by atoms with van der Waals surface area (Å²) in [4.78, 5) is 9.57. The fourth-order valence-electron chi connectivity index (χ4n) is 5.02. The van der Waals surface area contributed by atoms with Gasteiger partial charge in [0, 0.05) is 38.5 Å². The van der Waals surface area contributed by atoms with E-state index >= 15 is 0 Å². The zero-order valence-electron chi connectivity index (χ0n) is 21.3. The smallest absolute Gasteiger partial charge is 0.148 e. The van der Waals surface area contributed by atoms with Crippen LogP contribution in [0.4, 0.5) is 0 Å². The number of phenols is 1. The quantitative estimate of drug-likeness (QED) is 0.196. The van der Waals surface area contributed by atoms with Gasteiger partial charge in [-0.2, -0.15) is 5.26 Å². The van der Waals surface area contributed by atoms with Crippen LogP contribution in [-0.2, 0) is 21.1 Å². The van der Waals surface area contributed by atoms with Crippen LogP contribution in [0.15, 0.2) is 97.2 Å². The summed E-state index contributed by atoms with van der Waals surface area (Å²) in [6, 6.07) is 34.7. The van der Waals surface area contributed by atoms with Gasteiger partial charge < -0.3 is 5.11 Å². The van der Waals surface area contributed by atoms with E-state index < -0.39 is 0 Å². The van der Waals surface area contributed by atoms with E-state index in [0.717, 1.165) is 44.5 Å². The second-order valence-electron chi connectivity index (χ2n) is 9.19. The first-order chi connectivity index (χ1) is 18.6. The molecule has 6 aromatic rings. The van der Waals surface area contributed by atoms with Crippen LogP contribution in [0.2, 0.25) is 0 Å². The molecule has 0 atom stereocenters. The van der Waals surface area contributed by atoms with Crippen molar-refractivity contribution in [1.29, 1.82) is 5.26 Å². The van der Waals surface area contributed by atoms with Gasteiger partial charge in [-0.05, 0) is 55.3 Å². The third-order valence-corrected chi connectivity index (χ3v) is 6.76. The fourth-order valence-corrected chi connectivity index (χ4v) is 5.02. The van der Waals surface area contributed by atoms with Crippen molar-refractivity contribution in [2.45, 2.75) is 13.8 Å². The molecule has 0 bridgehead atoms. The summed E-state index contributed by atoms with van der Waals surface area (Å²) in [6.07, 6.45) is 1.68. The van der Waals surface area contributed by atoms with Gasteiger partial charge in [-0.15, -0.1) is 29.8 Å². The molecule has 0 saturated carbocycles. The molecule has 5 nitrogen and oxygen atoms in total. The Morgan fingerprint density at radius 1 is 0.795 bits per heavy atom. The minimum Gasteiger partial charge on any atom is -0.507 e. The van der Waals surface area contributed by atoms with E-state index in [1.165, 1.54) is 0 Å². The van der Waals surface area contributed by atoms with Gasteiger partial charge in [0.25, 0.3) is 0 Å². The molecule has 0 saturated heterocycles. The molecule has 0 aliphatic rings. The predicted octanol–water partition coefficient (Wildman–Crippen LogP) is 7.41. The van der Waals surface area contributed by atoms with Crippen molar-refractivity contribution in [2.75, 3.05) is 0 Å². The Morgan fingerprint density at radius 2 is 1.49 bits per heavy atom. The number of para-hydroxylation sites is 3. The molecule has 0 fully saturated rings. The van der Waals surface area contributed by atoms with E-state index in [2.05, 4.69) is 53.7 Å². The molecule has 39 heavy (non-hydrogen) atoms. The van der Waals surface area contributed by atoms with Crippen LogP contribution >= 0.6 is 0 Å². The first kappa shape index (κ1) is 26.1. The molecule has 192 valence electrons. The van der Waals surface area contributed by atoms with E-state index in [9.17, 15) is 10.4 Å². The molecule has 4 aromatic carbocycles. The van der Waals surface area contributed by atoms with E-state index in [1.807, 2.05) is 54.6 Å². The van der Waals surface area contributed by atoms with Crippen molar-refractivity contribution in [1.82, 2.24) is 14.5 Å². The predicted molar refractivity (Wildman–Crippen MR) is 150 cm³/mol. The van der Waals surface area contributed by atoms with Gasteiger partial charge in [-0.1, -0.05) is 53.6 Å². The van der Waals surface area contributed by atoms with Crippen molar-refractivity contribution in [2.24, 2.45) is 0 Å². The number of phenolic OH excluding ortho intramolecular Hbond substituents is 1. The van der Waals surface area contributed by atoms with Gasteiger partial charge in [0.05, 0.1) is 28.4 Å². The Labute approximate surface area is 241 Å². The van der Waals surface area contributed by atoms with Gasteiger partial charge in [-0.3, -0.25) is 9.55 Å². The van der Waals surface area contributed by atoms with Gasteiger partial charge >= 0.3 is 0 Å². The maximum absolute atomic E-state index is 10.8. The standard InChI is InChI=1S/C33H23N4O.Pt/c1-21-9-5-10-22(2)32(21)37-28-16-7-15-26(31(28)36-33(37)27-14-3-4-17-29(27)38)23-11-6-12-24(19-23)30-25(20-34)13-8-18-35-30;/h3-18,38H,1-2H3;/q-1;. The number of rotatable bonds is 4. The molecule has 6 heteroatoms. The van der Waals surface area contributed by atoms with Crippen LogP contribution in [0.1, 0.15) is 16.7 Å². The number of nitrogens with zero attached hydrogens (tertiary/aromatic N) is 4. The largest absolute Gasteiger partial charge is 0.507 e. The number of aromatic nitrogens is 3. The Kier molecular flexibility index (Phi) is 7.15. The van der Waals surface area contributed by atoms with E-state index in [0.29, 0.717) is 22.6 Å². The monoisotopic (exact) mass is 686 g/mol. The first-order valence-electron chi connectivity index (χ1n) is 12.3. The number of hydrogen-bond acceptors (Lipinski definition) is 4. The molecule has 0 amide bonds. The third kappa shape index (κ3) is 4.54. The van der Waals surface area contributed by atoms with Crippen molar-refractivity contribution in [3.8, 4) is 51.3 Å². The number of imidazole rings is 1. The Bertz CT molecular complexity index is 1860. The Hall–Kier alpha value is -4.52. The molecule has 2 heterocycles. The fraction of sp³-hybridized carbons (Fsp3) is 0.0606. The summed E-state index contributed by atoms with van der Waals surface area (Å²) in [5.74, 6) is 0.834. The van der Waals surface area contributed by atoms with Crippen LogP contribution in [0, 0.1) is 31.2 Å². The topological polar surface area (TPSA) is 74.7 Å². The Morgan fingerprint density at radius 3 is 2.26 bits per heavy atom. The summed E-state index contributed by atoms with van der Waals surface area (Å²) in [5, 5.41) is 20.4. The average Bonchev–Trinajstić information content (AvgIpc) is 3.32. The van der Waals surface area contributed by atoms with Crippen molar-refractivity contribution in [3.05, 3.63) is 120 Å². The molecule has 2 aromatic heterocycles. The molecule has 0 unspecified atom stereocenters. The minimum absolute atomic E-state index is 0. The van der Waals surface area contributed by atoms with Crippen molar-refractivity contribution >= 4 is 11.0 Å². The average molecular weight is 687 g/mol. The minimum atomic E-state index is 0. The summed E-state index contributed by atoms with van der Waals surface area (Å²) in [7, 11) is 0. The zero-order valence-corrected chi connectivity index (χ0v) is 23.6. The van der Waals surface area contributed by atoms with E-state index in [4.69, 9.17) is 4.98 Å². The molecular formula is C33H23N4OPt-. The van der Waals surface area contributed by atoms with Gasteiger partial charge in [0.1, 0.15) is 11.6 Å². The number of fused-ring (bicyclic) bond motifs is 1. The number of hydrogen-bond donors (Lipinski definition) is 1. The van der Waals surface area contributed by atoms with Crippen LogP contribution < -0.4 is 0 Å². The Balaban J connectivity index is 0.00000308. The van der Waals surface area contributed by atoms with Gasteiger partial charge in [0.15, 0.2) is 0 Å². The van der Waals surface area contributed by atoms with Crippen LogP contribution in [0.5, 0.6) is 5.75 Å². The van der Waals surface area contributed by atoms with Crippen LogP contribution in [0.25, 0.3) is 50.5 Å². The summed E-state index contributed by atoms with van der Waals surface area (Å²) in [6.45, 7) is 4.17. The molecule has 0 aliphatic heterocycles. The van der Waals surface area contributed by atoms with Crippen molar-refractivity contribution in [3.63, 3.8) is 0 Å². The summed E-state index contributed by atoms with van der Waals surface area (Å²) in [5.41, 5.74) is 9.22. The molecule has 0 aliphatic carbocycles. The molecule has 6 rings (SSSR count). The normalized spacial score (nSPS) is 10.7. The number of benzene rings is 4. The third-order valence-electron chi connectivity index (χ3n) is 6.76. The van der Waals surface area contributed by atoms with Crippen LogP contribution in [0.3, 0.4) is 0 Å². The van der Waals surface area contributed by atoms with E-state index in [-0.39, 0.29) is 26.8 Å². The SMILES string of the molecule is Cc1cccc(C)c1-n1c(-c2ccccc2O)nc2c(-c3[c-]c(-c4ncccc4C#N)ccc3)cccc21.[Pt]. The zero-order chi connectivity index (χ0) is 26.2. The number of pyridine rings is 1. The molecular weight excluding hydrogens is 663 g/mol. The maximum Gasteiger partial charge on any atom is 0.148 e. The van der Waals surface area contributed by atoms with Gasteiger partial charge in [0.2, 0.25) is 0 Å². The summed E-state index contributed by atoms with van der Waals surface area (Å²) >= 11 is 0. The molecule has 0 radical (unpaired) electrons. The molecule has 0 spiro atoms. The summed E-state index contributed by atoms with van der Waals surface area (Å²) < 4.78 is 2.13. The molecule has 1 N–H and O–H groups in total. The van der Waals surface area contributed by atoms with E-state index in [1.54, 1.807) is 24.4 Å². The number of aryl methyl sites for hydroxylation is 2. The van der Waals surface area contributed by atoms with Crippen molar-refractivity contribution < 1.29 is 26.2 Å². The first-order valence-corrected chi connectivity index (χ1v) is 12.3. The second kappa shape index (κ2) is 10.7. The maximum atomic E-state index is 10.8.